The molecule has 10 heteroatoms. The number of hydrogen-bond acceptors (Lipinski definition) is 6. The van der Waals surface area contributed by atoms with Crippen molar-refractivity contribution in [1.29, 1.82) is 5.41 Å². The van der Waals surface area contributed by atoms with Gasteiger partial charge in [-0.2, -0.15) is 4.98 Å². The Balaban J connectivity index is 1.50. The van der Waals surface area contributed by atoms with E-state index in [0.717, 1.165) is 29.5 Å². The van der Waals surface area contributed by atoms with E-state index in [2.05, 4.69) is 51.4 Å². The van der Waals surface area contributed by atoms with E-state index in [1.165, 1.54) is 17.3 Å². The summed E-state index contributed by atoms with van der Waals surface area (Å²) >= 11 is 12.5. The van der Waals surface area contributed by atoms with Crippen molar-refractivity contribution in [1.82, 2.24) is 24.4 Å². The van der Waals surface area contributed by atoms with E-state index < -0.39 is 5.69 Å². The molecule has 4 aromatic rings. The maximum absolute atomic E-state index is 12.9. The lowest BCUT2D eigenvalue weighted by Gasteiger charge is -2.30. The Bertz CT molecular complexity index is 1510. The molecule has 0 bridgehead atoms. The normalized spacial score (nSPS) is 15.5. The molecule has 0 spiro atoms. The molecular formula is C24H23Cl2N7O. The van der Waals surface area contributed by atoms with E-state index in [1.54, 1.807) is 18.2 Å². The highest BCUT2D eigenvalue weighted by Crippen LogP contribution is 2.28. The van der Waals surface area contributed by atoms with E-state index in [1.807, 2.05) is 6.07 Å². The van der Waals surface area contributed by atoms with Crippen molar-refractivity contribution in [3.8, 4) is 5.69 Å². The van der Waals surface area contributed by atoms with E-state index in [0.29, 0.717) is 17.4 Å². The van der Waals surface area contributed by atoms with Gasteiger partial charge in [0.2, 0.25) is 5.95 Å². The topological polar surface area (TPSA) is 103 Å². The number of aromatic amines is 1. The maximum atomic E-state index is 12.9. The zero-order valence-corrected chi connectivity index (χ0v) is 20.2. The average Bonchev–Trinajstić information content (AvgIpc) is 2.80. The number of likely N-dealkylation sites (N-methyl/N-ethyl adjacent to an activating group) is 1. The van der Waals surface area contributed by atoms with Gasteiger partial charge >= 0.3 is 5.69 Å². The van der Waals surface area contributed by atoms with Gasteiger partial charge in [-0.05, 0) is 68.8 Å². The Morgan fingerprint density at radius 3 is 2.68 bits per heavy atom. The molecule has 0 aliphatic heterocycles. The number of rotatable bonds is 4. The van der Waals surface area contributed by atoms with Gasteiger partial charge in [0.15, 0.2) is 5.65 Å². The quantitative estimate of drug-likeness (QED) is 0.396. The van der Waals surface area contributed by atoms with Crippen molar-refractivity contribution in [2.45, 2.75) is 25.3 Å². The molecule has 5 rings (SSSR count). The highest BCUT2D eigenvalue weighted by atomic mass is 35.5. The molecule has 0 radical (unpaired) electrons. The van der Waals surface area contributed by atoms with Crippen LogP contribution in [0, 0.1) is 5.41 Å². The lowest BCUT2D eigenvalue weighted by Crippen LogP contribution is -2.34. The van der Waals surface area contributed by atoms with Gasteiger partial charge in [-0.3, -0.25) is 10.4 Å². The molecule has 1 aliphatic rings. The number of H-pyrrole nitrogens is 1. The smallest absolute Gasteiger partial charge is 0.324 e. The van der Waals surface area contributed by atoms with Gasteiger partial charge in [0.1, 0.15) is 5.49 Å². The predicted molar refractivity (Wildman–Crippen MR) is 135 cm³/mol. The molecule has 0 saturated heterocycles. The standard InChI is InChI=1S/C24H23Cl2N7O/c1-32(2)16-9-7-13-6-8-15(10-14(13)11-16)29-23-28-12-17-21(27)33(24(34)31-22(17)30-23)20-18(25)4-3-5-19(20)26/h3-6,8,10,12,16,27H,7,9,11H2,1-2H3,(H2,28,29,30,31,34)/t16-/m0/s1. The molecule has 0 unspecified atom stereocenters. The molecule has 0 fully saturated rings. The Morgan fingerprint density at radius 1 is 1.18 bits per heavy atom. The van der Waals surface area contributed by atoms with E-state index in [9.17, 15) is 4.79 Å². The Morgan fingerprint density at radius 2 is 1.94 bits per heavy atom. The van der Waals surface area contributed by atoms with Crippen LogP contribution in [0.15, 0.2) is 47.4 Å². The third-order valence-electron chi connectivity index (χ3n) is 6.25. The third-order valence-corrected chi connectivity index (χ3v) is 6.86. The summed E-state index contributed by atoms with van der Waals surface area (Å²) in [7, 11) is 4.23. The third kappa shape index (κ3) is 4.09. The number of benzene rings is 2. The second-order valence-corrected chi connectivity index (χ2v) is 9.42. The van der Waals surface area contributed by atoms with Crippen LogP contribution < -0.4 is 16.5 Å². The second-order valence-electron chi connectivity index (χ2n) is 8.61. The number of fused-ring (bicyclic) bond motifs is 2. The predicted octanol–water partition coefficient (Wildman–Crippen LogP) is 4.06. The summed E-state index contributed by atoms with van der Waals surface area (Å²) in [5.41, 5.74) is 3.37. The zero-order chi connectivity index (χ0) is 24.0. The van der Waals surface area contributed by atoms with Crippen LogP contribution in [0.5, 0.6) is 0 Å². The summed E-state index contributed by atoms with van der Waals surface area (Å²) in [6, 6.07) is 11.7. The molecule has 0 amide bonds. The van der Waals surface area contributed by atoms with Crippen molar-refractivity contribution >= 4 is 45.9 Å². The highest BCUT2D eigenvalue weighted by Gasteiger charge is 2.20. The van der Waals surface area contributed by atoms with E-state index in [4.69, 9.17) is 28.6 Å². The number of nitrogens with zero attached hydrogens (tertiary/aromatic N) is 4. The van der Waals surface area contributed by atoms with Crippen LogP contribution in [0.1, 0.15) is 17.5 Å². The SMILES string of the molecule is CN(C)[C@H]1CCc2ccc(Nc3ncc4c(=N)n(-c5c(Cl)cccc5Cl)c(=O)[nH]c4n3)cc2C1. The van der Waals surface area contributed by atoms with Crippen molar-refractivity contribution < 1.29 is 0 Å². The van der Waals surface area contributed by atoms with Gasteiger partial charge in [-0.1, -0.05) is 35.3 Å². The van der Waals surface area contributed by atoms with Crippen molar-refractivity contribution in [2.24, 2.45) is 0 Å². The Kier molecular flexibility index (Phi) is 5.89. The van der Waals surface area contributed by atoms with Crippen molar-refractivity contribution in [3.63, 3.8) is 0 Å². The number of para-hydroxylation sites is 1. The fourth-order valence-corrected chi connectivity index (χ4v) is 4.96. The van der Waals surface area contributed by atoms with Gasteiger partial charge in [0.05, 0.1) is 21.1 Å². The second kappa shape index (κ2) is 8.87. The van der Waals surface area contributed by atoms with Crippen LogP contribution in [0.25, 0.3) is 16.7 Å². The molecular weight excluding hydrogens is 473 g/mol. The van der Waals surface area contributed by atoms with Crippen molar-refractivity contribution in [3.05, 3.63) is 79.7 Å². The summed E-state index contributed by atoms with van der Waals surface area (Å²) in [6.07, 6.45) is 4.72. The van der Waals surface area contributed by atoms with Gasteiger partial charge in [-0.25, -0.2) is 14.3 Å². The molecule has 2 aromatic heterocycles. The first kappa shape index (κ1) is 22.6. The summed E-state index contributed by atoms with van der Waals surface area (Å²) in [4.78, 5) is 26.7. The molecule has 34 heavy (non-hydrogen) atoms. The lowest BCUT2D eigenvalue weighted by molar-refractivity contribution is 0.268. The summed E-state index contributed by atoms with van der Waals surface area (Å²) < 4.78 is 1.12. The minimum Gasteiger partial charge on any atom is -0.324 e. The Labute approximate surface area is 205 Å². The van der Waals surface area contributed by atoms with Crippen LogP contribution in [0.3, 0.4) is 0 Å². The number of aromatic nitrogens is 4. The monoisotopic (exact) mass is 495 g/mol. The number of anilines is 2. The number of hydrogen-bond donors (Lipinski definition) is 3. The first-order valence-corrected chi connectivity index (χ1v) is 11.6. The first-order valence-electron chi connectivity index (χ1n) is 10.9. The van der Waals surface area contributed by atoms with Gasteiger partial charge in [0.25, 0.3) is 0 Å². The van der Waals surface area contributed by atoms with Crippen molar-refractivity contribution in [2.75, 3.05) is 19.4 Å². The van der Waals surface area contributed by atoms with Crippen LogP contribution in [-0.4, -0.2) is 44.6 Å². The van der Waals surface area contributed by atoms with Gasteiger partial charge in [0, 0.05) is 17.9 Å². The van der Waals surface area contributed by atoms with E-state index >= 15 is 0 Å². The number of nitrogens with one attached hydrogen (secondary N) is 3. The summed E-state index contributed by atoms with van der Waals surface area (Å²) in [5.74, 6) is 0.330. The zero-order valence-electron chi connectivity index (χ0n) is 18.7. The molecule has 1 aliphatic carbocycles. The molecule has 2 heterocycles. The number of halogens is 2. The van der Waals surface area contributed by atoms with Crippen LogP contribution in [0.2, 0.25) is 10.0 Å². The van der Waals surface area contributed by atoms with Gasteiger partial charge in [-0.15, -0.1) is 0 Å². The largest absolute Gasteiger partial charge is 0.333 e. The lowest BCUT2D eigenvalue weighted by atomic mass is 9.87. The van der Waals surface area contributed by atoms with Crippen LogP contribution in [-0.2, 0) is 12.8 Å². The summed E-state index contributed by atoms with van der Waals surface area (Å²) in [6.45, 7) is 0. The molecule has 0 saturated carbocycles. The molecule has 2 aromatic carbocycles. The molecule has 3 N–H and O–H groups in total. The van der Waals surface area contributed by atoms with E-state index in [-0.39, 0.29) is 26.9 Å². The minimum absolute atomic E-state index is 0.108. The van der Waals surface area contributed by atoms with Gasteiger partial charge < -0.3 is 10.2 Å². The molecule has 8 nitrogen and oxygen atoms in total. The molecule has 1 atom stereocenters. The fourth-order valence-electron chi connectivity index (χ4n) is 4.39. The van der Waals surface area contributed by atoms with Crippen LogP contribution >= 0.6 is 23.2 Å². The van der Waals surface area contributed by atoms with Crippen LogP contribution in [0.4, 0.5) is 11.6 Å². The minimum atomic E-state index is -0.569. The number of aryl methyl sites for hydroxylation is 1. The first-order chi connectivity index (χ1) is 16.3. The maximum Gasteiger partial charge on any atom is 0.333 e. The molecule has 174 valence electrons. The fraction of sp³-hybridized carbons (Fsp3) is 0.250. The average molecular weight is 496 g/mol. The Hall–Kier alpha value is -3.20. The summed E-state index contributed by atoms with van der Waals surface area (Å²) in [5, 5.41) is 12.7. The highest BCUT2D eigenvalue weighted by molar-refractivity contribution is 6.37.